The minimum absolute atomic E-state index is 0.112. The number of nitrogens with zero attached hydrogens (tertiary/aromatic N) is 1. The van der Waals surface area contributed by atoms with Crippen LogP contribution in [0.1, 0.15) is 84.9 Å². The third-order valence-electron chi connectivity index (χ3n) is 12.7. The SMILES string of the molecule is C/C=C\C=C/C(C)C.C=C/C=C(C)/C(C)=C/C=C.C=CC.C=CC1=C(/C=C\C)C(C)(C)c2cc(-n3c4ccccc4c4cc(-c5cc6c(c7ccccc57)NC5C=CC=CC65)ccc43)ccc21. The maximum atomic E-state index is 4.18. The highest BCUT2D eigenvalue weighted by molar-refractivity contribution is 6.12. The van der Waals surface area contributed by atoms with Crippen LogP contribution in [0, 0.1) is 5.92 Å². The molecule has 0 fully saturated rings. The molecule has 0 bridgehead atoms. The summed E-state index contributed by atoms with van der Waals surface area (Å²) in [5.74, 6) is 1.02. The van der Waals surface area contributed by atoms with E-state index in [2.05, 4.69) is 224 Å². The lowest BCUT2D eigenvalue weighted by atomic mass is 9.81. The van der Waals surface area contributed by atoms with Gasteiger partial charge in [0.15, 0.2) is 0 Å². The monoisotopic (exact) mass is 879 g/mol. The zero-order valence-corrected chi connectivity index (χ0v) is 41.4. The van der Waals surface area contributed by atoms with Gasteiger partial charge in [0.2, 0.25) is 0 Å². The first kappa shape index (κ1) is 49.3. The zero-order valence-electron chi connectivity index (χ0n) is 41.4. The van der Waals surface area contributed by atoms with Crippen LogP contribution < -0.4 is 5.32 Å². The summed E-state index contributed by atoms with van der Waals surface area (Å²) in [5.41, 5.74) is 16.4. The lowest BCUT2D eigenvalue weighted by Gasteiger charge is -2.23. The number of aromatic nitrogens is 1. The molecule has 2 heteroatoms. The van der Waals surface area contributed by atoms with Gasteiger partial charge in [0.05, 0.1) is 17.1 Å². The van der Waals surface area contributed by atoms with E-state index in [-0.39, 0.29) is 5.41 Å². The second-order valence-corrected chi connectivity index (χ2v) is 18.1. The van der Waals surface area contributed by atoms with Crippen molar-refractivity contribution in [3.05, 3.63) is 248 Å². The van der Waals surface area contributed by atoms with Gasteiger partial charge in [-0.15, -0.1) is 6.58 Å². The molecule has 2 aliphatic carbocycles. The van der Waals surface area contributed by atoms with Gasteiger partial charge >= 0.3 is 0 Å². The molecule has 1 N–H and O–H groups in total. The molecule has 0 spiro atoms. The van der Waals surface area contributed by atoms with Crippen LogP contribution in [-0.2, 0) is 5.41 Å². The topological polar surface area (TPSA) is 17.0 Å². The second-order valence-electron chi connectivity index (χ2n) is 18.1. The van der Waals surface area contributed by atoms with Crippen LogP contribution >= 0.6 is 0 Å². The van der Waals surface area contributed by atoms with Crippen LogP contribution in [0.25, 0.3) is 55.0 Å². The standard InChI is InChI=1S/C44H36N2.C10H14.C8H14.C3H6/c1-5-13-38-29(6-2)31-22-21-28(25-39(31)44(38,3)4)46-41-19-12-10-16-33(41)36-24-27(20-23-42(36)46)35-26-37-32-15-9-11-18-40(32)45-43(37)34-17-8-7-14-30(34)35;1-5-7-9(3)10(4)8-6-2;1-4-5-6-7-8(2)3;1-3-2/h5-26,32,40,45H,2H2,1,3-4H3;5-8H,1-2H2,3-4H3;4-8H,1-3H3;3H,1H2,2H3/b13-5-;9-7+,10-8+;5-4-,7-6-;. The first-order valence-corrected chi connectivity index (χ1v) is 23.7. The predicted octanol–water partition coefficient (Wildman–Crippen LogP) is 18.6. The third-order valence-corrected chi connectivity index (χ3v) is 12.7. The Morgan fingerprint density at radius 1 is 0.687 bits per heavy atom. The number of nitrogens with one attached hydrogen (secondary N) is 1. The van der Waals surface area contributed by atoms with Crippen molar-refractivity contribution in [2.75, 3.05) is 5.32 Å². The number of fused-ring (bicyclic) bond motifs is 9. The molecule has 3 aliphatic rings. The van der Waals surface area contributed by atoms with E-state index < -0.39 is 0 Å². The van der Waals surface area contributed by atoms with Gasteiger partial charge in [-0.2, -0.15) is 0 Å². The molecule has 0 amide bonds. The highest BCUT2D eigenvalue weighted by Crippen LogP contribution is 2.49. The van der Waals surface area contributed by atoms with Crippen molar-refractivity contribution in [3.63, 3.8) is 0 Å². The smallest absolute Gasteiger partial charge is 0.0552 e. The Hall–Kier alpha value is -7.16. The van der Waals surface area contributed by atoms with Crippen molar-refractivity contribution in [1.82, 2.24) is 4.57 Å². The Balaban J connectivity index is 0.000000296. The van der Waals surface area contributed by atoms with Gasteiger partial charge < -0.3 is 9.88 Å². The summed E-state index contributed by atoms with van der Waals surface area (Å²) in [6, 6.07) is 34.5. The van der Waals surface area contributed by atoms with E-state index in [0.717, 1.165) is 0 Å². The minimum atomic E-state index is -0.112. The predicted molar refractivity (Wildman–Crippen MR) is 300 cm³/mol. The molecule has 9 rings (SSSR count). The van der Waals surface area contributed by atoms with Crippen LogP contribution in [0.3, 0.4) is 0 Å². The number of benzene rings is 5. The summed E-state index contributed by atoms with van der Waals surface area (Å²) in [7, 11) is 0. The van der Waals surface area contributed by atoms with Crippen LogP contribution in [0.4, 0.5) is 5.69 Å². The van der Waals surface area contributed by atoms with Crippen molar-refractivity contribution in [1.29, 1.82) is 0 Å². The van der Waals surface area contributed by atoms with E-state index in [1.54, 1.807) is 18.2 Å². The molecular formula is C65H70N2. The highest BCUT2D eigenvalue weighted by atomic mass is 15.0. The normalized spacial score (nSPS) is 16.9. The molecule has 0 radical (unpaired) electrons. The molecule has 6 aromatic rings. The molecule has 0 saturated carbocycles. The minimum Gasteiger partial charge on any atom is -0.377 e. The van der Waals surface area contributed by atoms with Crippen LogP contribution in [0.2, 0.25) is 0 Å². The van der Waals surface area contributed by atoms with Gasteiger partial charge in [-0.1, -0.05) is 199 Å². The third kappa shape index (κ3) is 10.3. The lowest BCUT2D eigenvalue weighted by molar-refractivity contribution is 0.653. The summed E-state index contributed by atoms with van der Waals surface area (Å²) >= 11 is 0. The molecule has 1 aliphatic heterocycles. The Kier molecular flexibility index (Phi) is 16.4. The fourth-order valence-electron chi connectivity index (χ4n) is 9.44. The summed E-state index contributed by atoms with van der Waals surface area (Å²) in [6.45, 7) is 33.9. The van der Waals surface area contributed by atoms with E-state index in [0.29, 0.717) is 17.9 Å². The summed E-state index contributed by atoms with van der Waals surface area (Å²) in [6.07, 6.45) is 33.0. The number of rotatable bonds is 9. The quantitative estimate of drug-likeness (QED) is 0.113. The van der Waals surface area contributed by atoms with E-state index in [4.69, 9.17) is 0 Å². The molecule has 67 heavy (non-hydrogen) atoms. The fourth-order valence-corrected chi connectivity index (χ4v) is 9.44. The van der Waals surface area contributed by atoms with Crippen LogP contribution in [-0.4, -0.2) is 10.6 Å². The van der Waals surface area contributed by atoms with Crippen molar-refractivity contribution >= 4 is 43.8 Å². The molecule has 1 aromatic heterocycles. The second kappa shape index (κ2) is 22.4. The van der Waals surface area contributed by atoms with E-state index in [9.17, 15) is 0 Å². The Morgan fingerprint density at radius 2 is 1.33 bits per heavy atom. The van der Waals surface area contributed by atoms with Gasteiger partial charge in [0, 0.05) is 38.9 Å². The number of para-hydroxylation sites is 1. The van der Waals surface area contributed by atoms with E-state index in [1.807, 2.05) is 44.2 Å². The molecule has 340 valence electrons. The molecule has 2 atom stereocenters. The summed E-state index contributed by atoms with van der Waals surface area (Å²) < 4.78 is 2.44. The van der Waals surface area contributed by atoms with Gasteiger partial charge in [-0.25, -0.2) is 0 Å². The average Bonchev–Trinajstić information content (AvgIpc) is 3.94. The molecule has 2 heterocycles. The van der Waals surface area contributed by atoms with E-state index in [1.165, 1.54) is 94.1 Å². The number of anilines is 1. The van der Waals surface area contributed by atoms with E-state index >= 15 is 0 Å². The largest absolute Gasteiger partial charge is 0.377 e. The van der Waals surface area contributed by atoms with Crippen LogP contribution in [0.15, 0.2) is 231 Å². The number of hydrogen-bond acceptors (Lipinski definition) is 1. The van der Waals surface area contributed by atoms with Crippen molar-refractivity contribution in [3.8, 4) is 16.8 Å². The Bertz CT molecular complexity index is 3040. The Labute approximate surface area is 402 Å². The van der Waals surface area contributed by atoms with Crippen molar-refractivity contribution in [2.24, 2.45) is 5.92 Å². The molecule has 2 unspecified atom stereocenters. The summed E-state index contributed by atoms with van der Waals surface area (Å²) in [5, 5.41) is 8.94. The zero-order chi connectivity index (χ0) is 48.3. The maximum absolute atomic E-state index is 4.18. The molecule has 0 saturated heterocycles. The lowest BCUT2D eigenvalue weighted by Crippen LogP contribution is -2.17. The number of allylic oxidation sites excluding steroid dienone is 18. The molecular weight excluding hydrogens is 809 g/mol. The van der Waals surface area contributed by atoms with Gasteiger partial charge in [-0.05, 0) is 132 Å². The van der Waals surface area contributed by atoms with Gasteiger partial charge in [0.1, 0.15) is 0 Å². The summed E-state index contributed by atoms with van der Waals surface area (Å²) in [4.78, 5) is 0. The highest BCUT2D eigenvalue weighted by Gasteiger charge is 2.36. The maximum Gasteiger partial charge on any atom is 0.0552 e. The average molecular weight is 879 g/mol. The first-order valence-electron chi connectivity index (χ1n) is 23.7. The van der Waals surface area contributed by atoms with Gasteiger partial charge in [-0.3, -0.25) is 0 Å². The first-order chi connectivity index (χ1) is 32.4. The molecule has 5 aromatic carbocycles. The van der Waals surface area contributed by atoms with Crippen molar-refractivity contribution in [2.45, 2.75) is 79.7 Å². The van der Waals surface area contributed by atoms with Crippen LogP contribution in [0.5, 0.6) is 0 Å². The van der Waals surface area contributed by atoms with Gasteiger partial charge in [0.25, 0.3) is 0 Å². The van der Waals surface area contributed by atoms with Crippen molar-refractivity contribution < 1.29 is 0 Å². The molecule has 2 nitrogen and oxygen atoms in total. The fraction of sp³-hybridized carbons (Fsp3) is 0.200. The Morgan fingerprint density at radius 3 is 1.97 bits per heavy atom. The number of hydrogen-bond donors (Lipinski definition) is 1.